The molecule has 4 heteroatoms. The van der Waals surface area contributed by atoms with Crippen LogP contribution in [0, 0.1) is 11.8 Å². The van der Waals surface area contributed by atoms with Crippen LogP contribution in [0.25, 0.3) is 6.08 Å². The third-order valence-electron chi connectivity index (χ3n) is 9.35. The van der Waals surface area contributed by atoms with Gasteiger partial charge in [0.05, 0.1) is 18.8 Å². The van der Waals surface area contributed by atoms with Crippen LogP contribution in [-0.2, 0) is 14.9 Å². The van der Waals surface area contributed by atoms with Gasteiger partial charge >= 0.3 is 0 Å². The van der Waals surface area contributed by atoms with E-state index in [0.29, 0.717) is 24.5 Å². The first kappa shape index (κ1) is 17.8. The Hall–Kier alpha value is -2.69. The largest absolute Gasteiger partial charge is 0.369 e. The summed E-state index contributed by atoms with van der Waals surface area (Å²) in [6.45, 7) is 2.81. The monoisotopic (exact) mass is 422 g/mol. The van der Waals surface area contributed by atoms with E-state index >= 15 is 0 Å². The van der Waals surface area contributed by atoms with E-state index in [-0.39, 0.29) is 23.5 Å². The fraction of sp³-hybridized carbons (Fsp3) is 0.393. The van der Waals surface area contributed by atoms with Crippen LogP contribution in [0.3, 0.4) is 0 Å². The highest BCUT2D eigenvalue weighted by Crippen LogP contribution is 2.66. The van der Waals surface area contributed by atoms with Crippen molar-refractivity contribution in [2.24, 2.45) is 11.8 Å². The van der Waals surface area contributed by atoms with E-state index in [1.54, 1.807) is 5.57 Å². The van der Waals surface area contributed by atoms with Crippen molar-refractivity contribution in [3.05, 3.63) is 82.9 Å². The van der Waals surface area contributed by atoms with Gasteiger partial charge in [0, 0.05) is 35.2 Å². The van der Waals surface area contributed by atoms with Gasteiger partial charge in [0.1, 0.15) is 0 Å². The molecule has 1 amide bonds. The molecule has 0 N–H and O–H groups in total. The number of piperidine rings is 2. The van der Waals surface area contributed by atoms with Crippen molar-refractivity contribution in [3.63, 3.8) is 0 Å². The number of nitrogens with zero attached hydrogens (tertiary/aromatic N) is 2. The van der Waals surface area contributed by atoms with Crippen LogP contribution >= 0.6 is 0 Å². The zero-order chi connectivity index (χ0) is 21.0. The lowest BCUT2D eigenvalue weighted by molar-refractivity contribution is -0.123. The van der Waals surface area contributed by atoms with Gasteiger partial charge in [-0.05, 0) is 48.6 Å². The summed E-state index contributed by atoms with van der Waals surface area (Å²) >= 11 is 0. The van der Waals surface area contributed by atoms with Gasteiger partial charge in [-0.15, -0.1) is 0 Å². The number of hydrogen-bond acceptors (Lipinski definition) is 3. The Morgan fingerprint density at radius 2 is 1.91 bits per heavy atom. The van der Waals surface area contributed by atoms with Crippen molar-refractivity contribution >= 4 is 17.7 Å². The summed E-state index contributed by atoms with van der Waals surface area (Å²) < 4.78 is 6.57. The van der Waals surface area contributed by atoms with Crippen molar-refractivity contribution in [1.29, 1.82) is 0 Å². The molecule has 6 aliphatic rings. The second-order valence-electron chi connectivity index (χ2n) is 10.4. The Bertz CT molecular complexity index is 1220. The standard InChI is InChI=1S/C28H26N2O2/c31-27-20(14-17-6-2-1-3-7-17)25-24-19-15-23-28(11-12-29(23)16-18(19)10-13-32-25)21-8-4-5-9-22(21)30(27)26(24)28/h1-10,14,19,23-26H,11-13,15-16H2/b20-14-/t19-,23-,24+,25-,26-,28-/m1/s1. The van der Waals surface area contributed by atoms with Gasteiger partial charge < -0.3 is 9.64 Å². The number of carbonyl (C=O) groups is 1. The van der Waals surface area contributed by atoms with Gasteiger partial charge in [-0.1, -0.05) is 60.2 Å². The molecule has 5 aliphatic heterocycles. The Labute approximate surface area is 188 Å². The average molecular weight is 423 g/mol. The Balaban J connectivity index is 1.40. The fourth-order valence-corrected chi connectivity index (χ4v) is 8.31. The highest BCUT2D eigenvalue weighted by atomic mass is 16.5. The van der Waals surface area contributed by atoms with Crippen molar-refractivity contribution < 1.29 is 9.53 Å². The molecule has 2 aromatic carbocycles. The van der Waals surface area contributed by atoms with Crippen molar-refractivity contribution in [2.45, 2.75) is 36.4 Å². The van der Waals surface area contributed by atoms with E-state index < -0.39 is 0 Å². The van der Waals surface area contributed by atoms with Crippen molar-refractivity contribution in [3.8, 4) is 0 Å². The first-order valence-electron chi connectivity index (χ1n) is 12.0. The third kappa shape index (κ3) is 1.96. The average Bonchev–Trinajstić information content (AvgIpc) is 3.29. The molecule has 32 heavy (non-hydrogen) atoms. The van der Waals surface area contributed by atoms with E-state index in [1.165, 1.54) is 12.0 Å². The zero-order valence-corrected chi connectivity index (χ0v) is 18.0. The second kappa shape index (κ2) is 6.00. The maximum atomic E-state index is 14.2. The Kier molecular flexibility index (Phi) is 3.34. The molecule has 0 aromatic heterocycles. The predicted molar refractivity (Wildman–Crippen MR) is 123 cm³/mol. The molecule has 1 saturated carbocycles. The summed E-state index contributed by atoms with van der Waals surface area (Å²) in [5, 5.41) is 0. The SMILES string of the molecule is O=C1/C(=C\c2ccccc2)[C@H]2OCC=C3CN4CC[C@]56c7ccccc7N1[C@@H]5[C@H]2[C@@H]3C[C@@H]46. The number of ether oxygens (including phenoxy) is 1. The summed E-state index contributed by atoms with van der Waals surface area (Å²) in [6.07, 6.45) is 6.63. The van der Waals surface area contributed by atoms with Crippen molar-refractivity contribution in [2.75, 3.05) is 24.6 Å². The van der Waals surface area contributed by atoms with Gasteiger partial charge in [-0.2, -0.15) is 0 Å². The maximum Gasteiger partial charge on any atom is 0.257 e. The molecule has 1 spiro atoms. The number of fused-ring (bicyclic) bond motifs is 2. The molecular weight excluding hydrogens is 396 g/mol. The lowest BCUT2D eigenvalue weighted by atomic mass is 9.53. The van der Waals surface area contributed by atoms with Crippen LogP contribution in [-0.4, -0.2) is 48.7 Å². The predicted octanol–water partition coefficient (Wildman–Crippen LogP) is 3.79. The minimum atomic E-state index is -0.137. The molecule has 2 bridgehead atoms. The minimum absolute atomic E-state index is 0.0448. The number of amides is 1. The number of rotatable bonds is 1. The molecule has 6 atom stereocenters. The topological polar surface area (TPSA) is 32.8 Å². The first-order chi connectivity index (χ1) is 15.8. The lowest BCUT2D eigenvalue weighted by Crippen LogP contribution is -2.69. The molecule has 3 saturated heterocycles. The van der Waals surface area contributed by atoms with Crippen LogP contribution in [0.4, 0.5) is 5.69 Å². The van der Waals surface area contributed by atoms with E-state index in [0.717, 1.165) is 36.3 Å². The number of carbonyl (C=O) groups excluding carboxylic acids is 1. The number of hydrogen-bond donors (Lipinski definition) is 0. The van der Waals surface area contributed by atoms with Gasteiger partial charge in [0.25, 0.3) is 5.91 Å². The number of benzene rings is 2. The van der Waals surface area contributed by atoms with Gasteiger partial charge in [-0.25, -0.2) is 0 Å². The molecular formula is C28H26N2O2. The van der Waals surface area contributed by atoms with Crippen LogP contribution in [0.2, 0.25) is 0 Å². The molecule has 2 aromatic rings. The van der Waals surface area contributed by atoms with Gasteiger partial charge in [0.2, 0.25) is 0 Å². The normalized spacial score (nSPS) is 39.7. The quantitative estimate of drug-likeness (QED) is 0.518. The molecule has 0 unspecified atom stereocenters. The molecule has 4 nitrogen and oxygen atoms in total. The highest BCUT2D eigenvalue weighted by molar-refractivity contribution is 6.12. The van der Waals surface area contributed by atoms with E-state index in [2.05, 4.69) is 58.4 Å². The number of para-hydroxylation sites is 1. The van der Waals surface area contributed by atoms with Crippen LogP contribution in [0.5, 0.6) is 0 Å². The fourth-order valence-electron chi connectivity index (χ4n) is 8.31. The molecule has 8 rings (SSSR count). The van der Waals surface area contributed by atoms with Crippen LogP contribution < -0.4 is 4.90 Å². The summed E-state index contributed by atoms with van der Waals surface area (Å²) in [5.41, 5.74) is 6.04. The molecule has 4 fully saturated rings. The van der Waals surface area contributed by atoms with E-state index in [4.69, 9.17) is 4.74 Å². The summed E-state index contributed by atoms with van der Waals surface area (Å²) in [5.74, 6) is 0.968. The molecule has 0 radical (unpaired) electrons. The highest BCUT2D eigenvalue weighted by Gasteiger charge is 2.71. The molecule has 5 heterocycles. The Morgan fingerprint density at radius 3 is 2.81 bits per heavy atom. The smallest absolute Gasteiger partial charge is 0.257 e. The van der Waals surface area contributed by atoms with Crippen LogP contribution in [0.1, 0.15) is 24.0 Å². The molecule has 1 aliphatic carbocycles. The van der Waals surface area contributed by atoms with Crippen molar-refractivity contribution in [1.82, 2.24) is 4.90 Å². The number of anilines is 1. The van der Waals surface area contributed by atoms with Gasteiger partial charge in [-0.3, -0.25) is 9.69 Å². The summed E-state index contributed by atoms with van der Waals surface area (Å²) in [4.78, 5) is 19.1. The Morgan fingerprint density at radius 1 is 1.06 bits per heavy atom. The third-order valence-corrected chi connectivity index (χ3v) is 9.35. The maximum absolute atomic E-state index is 14.2. The van der Waals surface area contributed by atoms with E-state index in [9.17, 15) is 4.79 Å². The molecule has 160 valence electrons. The summed E-state index contributed by atoms with van der Waals surface area (Å²) in [6, 6.07) is 19.7. The summed E-state index contributed by atoms with van der Waals surface area (Å²) in [7, 11) is 0. The minimum Gasteiger partial charge on any atom is -0.369 e. The van der Waals surface area contributed by atoms with Crippen LogP contribution in [0.15, 0.2) is 71.8 Å². The second-order valence-corrected chi connectivity index (χ2v) is 10.4. The van der Waals surface area contributed by atoms with E-state index in [1.807, 2.05) is 18.2 Å². The lowest BCUT2D eigenvalue weighted by Gasteiger charge is -2.59. The zero-order valence-electron chi connectivity index (χ0n) is 18.0. The van der Waals surface area contributed by atoms with Gasteiger partial charge in [0.15, 0.2) is 0 Å². The first-order valence-corrected chi connectivity index (χ1v) is 12.0.